The summed E-state index contributed by atoms with van der Waals surface area (Å²) in [6.45, 7) is 1.40. The summed E-state index contributed by atoms with van der Waals surface area (Å²) in [6, 6.07) is 7.98. The van der Waals surface area contributed by atoms with Crippen LogP contribution in [0, 0.1) is 5.92 Å². The Morgan fingerprint density at radius 1 is 1.24 bits per heavy atom. The summed E-state index contributed by atoms with van der Waals surface area (Å²) in [6.07, 6.45) is 10.3. The molecule has 1 amide bonds. The second kappa shape index (κ2) is 8.70. The molecule has 1 N–H and O–H groups in total. The van der Waals surface area contributed by atoms with Crippen LogP contribution in [0.4, 0.5) is 0 Å². The Kier molecular flexibility index (Phi) is 6.09. The predicted molar refractivity (Wildman–Crippen MR) is 98.3 cm³/mol. The first-order valence-corrected chi connectivity index (χ1v) is 9.19. The van der Waals surface area contributed by atoms with E-state index in [1.165, 1.54) is 25.7 Å². The molecule has 1 aromatic heterocycles. The van der Waals surface area contributed by atoms with E-state index in [2.05, 4.69) is 10.4 Å². The van der Waals surface area contributed by atoms with Crippen molar-refractivity contribution in [3.05, 3.63) is 36.7 Å². The summed E-state index contributed by atoms with van der Waals surface area (Å²) in [7, 11) is 1.91. The highest BCUT2D eigenvalue weighted by atomic mass is 16.5. The maximum Gasteiger partial charge on any atom is 0.220 e. The molecule has 1 aliphatic carbocycles. The monoisotopic (exact) mass is 341 g/mol. The van der Waals surface area contributed by atoms with Crippen LogP contribution >= 0.6 is 0 Å². The van der Waals surface area contributed by atoms with Gasteiger partial charge in [0.25, 0.3) is 0 Å². The molecule has 5 nitrogen and oxygen atoms in total. The minimum absolute atomic E-state index is 0.141. The van der Waals surface area contributed by atoms with Gasteiger partial charge in [0.2, 0.25) is 5.91 Å². The Labute approximate surface area is 149 Å². The highest BCUT2D eigenvalue weighted by Gasteiger charge is 2.15. The van der Waals surface area contributed by atoms with E-state index in [1.807, 2.05) is 43.7 Å². The summed E-state index contributed by atoms with van der Waals surface area (Å²) in [5, 5.41) is 7.23. The number of nitrogens with one attached hydrogen (secondary N) is 1. The van der Waals surface area contributed by atoms with Gasteiger partial charge in [0.15, 0.2) is 0 Å². The van der Waals surface area contributed by atoms with Gasteiger partial charge in [0, 0.05) is 31.8 Å². The number of nitrogens with zero attached hydrogens (tertiary/aromatic N) is 2. The maximum atomic E-state index is 11.8. The average Bonchev–Trinajstić information content (AvgIpc) is 3.29. The third-order valence-electron chi connectivity index (χ3n) is 4.77. The van der Waals surface area contributed by atoms with Crippen LogP contribution in [0.15, 0.2) is 36.7 Å². The first-order valence-electron chi connectivity index (χ1n) is 9.19. The van der Waals surface area contributed by atoms with Gasteiger partial charge < -0.3 is 10.1 Å². The number of benzene rings is 1. The molecule has 1 saturated carbocycles. The van der Waals surface area contributed by atoms with Crippen molar-refractivity contribution >= 4 is 5.91 Å². The van der Waals surface area contributed by atoms with E-state index in [0.29, 0.717) is 18.9 Å². The van der Waals surface area contributed by atoms with E-state index in [-0.39, 0.29) is 5.91 Å². The summed E-state index contributed by atoms with van der Waals surface area (Å²) in [5.74, 6) is 1.67. The standard InChI is InChI=1S/C20H27N3O2/c1-23-15-18(14-22-23)17-8-10-19(11-9-17)25-12-4-7-20(24)21-13-16-5-2-3-6-16/h8-11,14-16H,2-7,12-13H2,1H3,(H,21,24). The largest absolute Gasteiger partial charge is 0.494 e. The quantitative estimate of drug-likeness (QED) is 0.747. The van der Waals surface area contributed by atoms with Crippen LogP contribution < -0.4 is 10.1 Å². The lowest BCUT2D eigenvalue weighted by Crippen LogP contribution is -2.28. The lowest BCUT2D eigenvalue weighted by atomic mass is 10.1. The molecule has 3 rings (SSSR count). The summed E-state index contributed by atoms with van der Waals surface area (Å²) in [5.41, 5.74) is 2.21. The number of ether oxygens (including phenoxy) is 1. The van der Waals surface area contributed by atoms with Crippen molar-refractivity contribution in [3.8, 4) is 16.9 Å². The SMILES string of the molecule is Cn1cc(-c2ccc(OCCCC(=O)NCC3CCCC3)cc2)cn1. The van der Waals surface area contributed by atoms with Gasteiger partial charge in [-0.3, -0.25) is 9.48 Å². The average molecular weight is 341 g/mol. The van der Waals surface area contributed by atoms with Gasteiger partial charge >= 0.3 is 0 Å². The Morgan fingerprint density at radius 2 is 2.00 bits per heavy atom. The second-order valence-corrected chi connectivity index (χ2v) is 6.83. The molecule has 2 aromatic rings. The van der Waals surface area contributed by atoms with E-state index >= 15 is 0 Å². The Hall–Kier alpha value is -2.30. The molecule has 25 heavy (non-hydrogen) atoms. The zero-order chi connectivity index (χ0) is 17.5. The molecule has 0 spiro atoms. The molecule has 0 radical (unpaired) electrons. The maximum absolute atomic E-state index is 11.8. The van der Waals surface area contributed by atoms with Crippen molar-refractivity contribution in [3.63, 3.8) is 0 Å². The fraction of sp³-hybridized carbons (Fsp3) is 0.500. The molecule has 5 heteroatoms. The van der Waals surface area contributed by atoms with Crippen molar-refractivity contribution in [2.75, 3.05) is 13.2 Å². The normalized spacial score (nSPS) is 14.6. The molecule has 0 atom stereocenters. The summed E-state index contributed by atoms with van der Waals surface area (Å²) in [4.78, 5) is 11.8. The zero-order valence-corrected chi connectivity index (χ0v) is 14.9. The Balaban J connectivity index is 1.33. The lowest BCUT2D eigenvalue weighted by molar-refractivity contribution is -0.121. The summed E-state index contributed by atoms with van der Waals surface area (Å²) >= 11 is 0. The Bertz CT molecular complexity index is 673. The highest BCUT2D eigenvalue weighted by Crippen LogP contribution is 2.24. The third kappa shape index (κ3) is 5.34. The van der Waals surface area contributed by atoms with Crippen molar-refractivity contribution in [2.45, 2.75) is 38.5 Å². The van der Waals surface area contributed by atoms with E-state index in [1.54, 1.807) is 4.68 Å². The summed E-state index contributed by atoms with van der Waals surface area (Å²) < 4.78 is 7.52. The minimum Gasteiger partial charge on any atom is -0.494 e. The number of carbonyl (C=O) groups is 1. The first kappa shape index (κ1) is 17.5. The molecule has 1 fully saturated rings. The van der Waals surface area contributed by atoms with Gasteiger partial charge in [-0.1, -0.05) is 25.0 Å². The number of aromatic nitrogens is 2. The second-order valence-electron chi connectivity index (χ2n) is 6.83. The predicted octanol–water partition coefficient (Wildman–Crippen LogP) is 3.55. The van der Waals surface area contributed by atoms with E-state index < -0.39 is 0 Å². The topological polar surface area (TPSA) is 56.1 Å². The first-order chi connectivity index (χ1) is 12.2. The van der Waals surface area contributed by atoms with E-state index in [4.69, 9.17) is 4.74 Å². The lowest BCUT2D eigenvalue weighted by Gasteiger charge is -2.11. The van der Waals surface area contributed by atoms with Crippen LogP contribution in [0.2, 0.25) is 0 Å². The molecular formula is C20H27N3O2. The minimum atomic E-state index is 0.141. The fourth-order valence-electron chi connectivity index (χ4n) is 3.30. The van der Waals surface area contributed by atoms with Crippen LogP contribution in [0.3, 0.4) is 0 Å². The number of amides is 1. The van der Waals surface area contributed by atoms with Crippen LogP contribution in [0.1, 0.15) is 38.5 Å². The van der Waals surface area contributed by atoms with Gasteiger partial charge in [-0.15, -0.1) is 0 Å². The number of hydrogen-bond donors (Lipinski definition) is 1. The van der Waals surface area contributed by atoms with Gasteiger partial charge in [0.05, 0.1) is 12.8 Å². The molecule has 134 valence electrons. The number of aryl methyl sites for hydroxylation is 1. The van der Waals surface area contributed by atoms with Crippen LogP contribution in [-0.2, 0) is 11.8 Å². The Morgan fingerprint density at radius 3 is 2.68 bits per heavy atom. The van der Waals surface area contributed by atoms with Gasteiger partial charge in [-0.05, 0) is 42.9 Å². The molecule has 0 unspecified atom stereocenters. The molecule has 0 aliphatic heterocycles. The fourth-order valence-corrected chi connectivity index (χ4v) is 3.30. The van der Waals surface area contributed by atoms with E-state index in [9.17, 15) is 4.79 Å². The van der Waals surface area contributed by atoms with Crippen LogP contribution in [0.5, 0.6) is 5.75 Å². The van der Waals surface area contributed by atoms with Crippen molar-refractivity contribution in [1.29, 1.82) is 0 Å². The van der Waals surface area contributed by atoms with Crippen LogP contribution in [0.25, 0.3) is 11.1 Å². The number of carbonyl (C=O) groups excluding carboxylic acids is 1. The van der Waals surface area contributed by atoms with Gasteiger partial charge in [0.1, 0.15) is 5.75 Å². The molecular weight excluding hydrogens is 314 g/mol. The number of hydrogen-bond acceptors (Lipinski definition) is 3. The highest BCUT2D eigenvalue weighted by molar-refractivity contribution is 5.75. The zero-order valence-electron chi connectivity index (χ0n) is 14.9. The van der Waals surface area contributed by atoms with Crippen molar-refractivity contribution < 1.29 is 9.53 Å². The van der Waals surface area contributed by atoms with Gasteiger partial charge in [-0.2, -0.15) is 5.10 Å². The molecule has 1 heterocycles. The van der Waals surface area contributed by atoms with Crippen LogP contribution in [-0.4, -0.2) is 28.8 Å². The van der Waals surface area contributed by atoms with Crippen molar-refractivity contribution in [1.82, 2.24) is 15.1 Å². The molecule has 0 bridgehead atoms. The van der Waals surface area contributed by atoms with Gasteiger partial charge in [-0.25, -0.2) is 0 Å². The van der Waals surface area contributed by atoms with Crippen molar-refractivity contribution in [2.24, 2.45) is 13.0 Å². The number of rotatable bonds is 8. The molecule has 0 saturated heterocycles. The molecule has 1 aromatic carbocycles. The van der Waals surface area contributed by atoms with E-state index in [0.717, 1.165) is 29.8 Å². The third-order valence-corrected chi connectivity index (χ3v) is 4.77. The smallest absolute Gasteiger partial charge is 0.220 e. The molecule has 1 aliphatic rings.